The Morgan fingerprint density at radius 1 is 0.971 bits per heavy atom. The summed E-state index contributed by atoms with van der Waals surface area (Å²) in [6.07, 6.45) is -1.28. The molecule has 1 aliphatic heterocycles. The molecule has 2 aromatic carbocycles. The third-order valence-corrected chi connectivity index (χ3v) is 7.31. The lowest BCUT2D eigenvalue weighted by atomic mass is 10.2. The first kappa shape index (κ1) is 23.8. The Labute approximate surface area is 194 Å². The van der Waals surface area contributed by atoms with E-state index in [0.29, 0.717) is 24.0 Å². The molecule has 2 heterocycles. The van der Waals surface area contributed by atoms with Gasteiger partial charge in [-0.3, -0.25) is 9.59 Å². The summed E-state index contributed by atoms with van der Waals surface area (Å²) < 4.78 is 65.8. The number of hydrogen-bond donors (Lipinski definition) is 1. The Hall–Kier alpha value is -3.34. The maximum atomic E-state index is 13.1. The number of fused-ring (bicyclic) bond motifs is 1. The molecule has 0 unspecified atom stereocenters. The van der Waals surface area contributed by atoms with E-state index in [-0.39, 0.29) is 23.0 Å². The number of rotatable bonds is 6. The van der Waals surface area contributed by atoms with Crippen LogP contribution in [0, 0.1) is 0 Å². The quantitative estimate of drug-likeness (QED) is 0.567. The highest BCUT2D eigenvalue weighted by molar-refractivity contribution is 7.92. The largest absolute Gasteiger partial charge is 0.416 e. The minimum Gasteiger partial charge on any atom is -0.341 e. The van der Waals surface area contributed by atoms with Gasteiger partial charge in [-0.15, -0.1) is 0 Å². The molecular formula is C23H22F3N3O4S. The van der Waals surface area contributed by atoms with Crippen molar-refractivity contribution >= 4 is 38.2 Å². The number of anilines is 1. The van der Waals surface area contributed by atoms with Gasteiger partial charge in [-0.2, -0.15) is 13.2 Å². The molecule has 7 nitrogen and oxygen atoms in total. The van der Waals surface area contributed by atoms with E-state index in [0.717, 1.165) is 37.1 Å². The van der Waals surface area contributed by atoms with Gasteiger partial charge in [0.05, 0.1) is 10.5 Å². The molecule has 180 valence electrons. The van der Waals surface area contributed by atoms with Gasteiger partial charge in [0.2, 0.25) is 11.8 Å². The molecule has 0 bridgehead atoms. The molecule has 0 aliphatic carbocycles. The molecule has 0 spiro atoms. The van der Waals surface area contributed by atoms with Crippen molar-refractivity contribution in [2.24, 2.45) is 0 Å². The van der Waals surface area contributed by atoms with E-state index in [4.69, 9.17) is 0 Å². The first-order valence-corrected chi connectivity index (χ1v) is 12.3. The van der Waals surface area contributed by atoms with E-state index in [9.17, 15) is 31.2 Å². The predicted molar refractivity (Wildman–Crippen MR) is 120 cm³/mol. The summed E-state index contributed by atoms with van der Waals surface area (Å²) in [5.74, 6) is -1.89. The number of likely N-dealkylation sites (tertiary alicyclic amines) is 1. The zero-order chi connectivity index (χ0) is 24.5. The van der Waals surface area contributed by atoms with Crippen LogP contribution in [-0.4, -0.2) is 48.5 Å². The number of para-hydroxylation sites is 1. The number of carbonyl (C=O) groups excluding carboxylic acids is 2. The highest BCUT2D eigenvalue weighted by atomic mass is 32.2. The lowest BCUT2D eigenvalue weighted by Gasteiger charge is -2.15. The highest BCUT2D eigenvalue weighted by Crippen LogP contribution is 2.30. The minimum atomic E-state index is -4.52. The fraction of sp³-hybridized carbons (Fsp3) is 0.304. The normalized spacial score (nSPS) is 14.5. The number of nitrogens with zero attached hydrogens (tertiary/aromatic N) is 2. The molecule has 4 rings (SSSR count). The number of amides is 2. The van der Waals surface area contributed by atoms with Crippen LogP contribution in [-0.2, 0) is 32.1 Å². The van der Waals surface area contributed by atoms with Crippen LogP contribution in [0.5, 0.6) is 0 Å². The number of halogens is 3. The van der Waals surface area contributed by atoms with Gasteiger partial charge in [0.25, 0.3) is 0 Å². The molecule has 1 aliphatic rings. The van der Waals surface area contributed by atoms with E-state index in [1.807, 2.05) is 0 Å². The van der Waals surface area contributed by atoms with Gasteiger partial charge >= 0.3 is 6.18 Å². The van der Waals surface area contributed by atoms with Crippen LogP contribution in [0.3, 0.4) is 0 Å². The summed E-state index contributed by atoms with van der Waals surface area (Å²) in [6, 6.07) is 10.4. The van der Waals surface area contributed by atoms with E-state index in [1.165, 1.54) is 6.20 Å². The average Bonchev–Trinajstić information content (AvgIpc) is 3.42. The van der Waals surface area contributed by atoms with Crippen molar-refractivity contribution in [1.29, 1.82) is 0 Å². The van der Waals surface area contributed by atoms with Crippen LogP contribution in [0.4, 0.5) is 18.9 Å². The van der Waals surface area contributed by atoms with Gasteiger partial charge in [0, 0.05) is 35.9 Å². The van der Waals surface area contributed by atoms with Crippen molar-refractivity contribution in [2.75, 3.05) is 24.2 Å². The van der Waals surface area contributed by atoms with Crippen molar-refractivity contribution in [3.8, 4) is 0 Å². The van der Waals surface area contributed by atoms with E-state index < -0.39 is 33.2 Å². The highest BCUT2D eigenvalue weighted by Gasteiger charge is 2.30. The van der Waals surface area contributed by atoms with Gasteiger partial charge in [-0.25, -0.2) is 8.42 Å². The number of hydrogen-bond acceptors (Lipinski definition) is 4. The Balaban J connectivity index is 1.53. The molecule has 1 N–H and O–H groups in total. The van der Waals surface area contributed by atoms with Crippen molar-refractivity contribution < 1.29 is 31.2 Å². The van der Waals surface area contributed by atoms with Crippen LogP contribution >= 0.6 is 0 Å². The standard InChI is InChI=1S/C23H22F3N3O4S/c24-23(25,26)16-7-9-17(10-8-16)27-21(30)15-34(32,33)20-13-29(19-6-2-1-5-18(19)20)14-22(31)28-11-3-4-12-28/h1-2,5-10,13H,3-4,11-12,14-15H2,(H,27,30). The van der Waals surface area contributed by atoms with Gasteiger partial charge < -0.3 is 14.8 Å². The second kappa shape index (κ2) is 9.13. The Bertz CT molecular complexity index is 1330. The second-order valence-corrected chi connectivity index (χ2v) is 10.1. The maximum absolute atomic E-state index is 13.1. The van der Waals surface area contributed by atoms with Gasteiger partial charge in [0.15, 0.2) is 9.84 Å². The van der Waals surface area contributed by atoms with E-state index in [2.05, 4.69) is 5.32 Å². The monoisotopic (exact) mass is 493 g/mol. The van der Waals surface area contributed by atoms with E-state index in [1.54, 1.807) is 33.7 Å². The van der Waals surface area contributed by atoms with Crippen LogP contribution in [0.1, 0.15) is 18.4 Å². The SMILES string of the molecule is O=C(CS(=O)(=O)c1cn(CC(=O)N2CCCC2)c2ccccc12)Nc1ccc(C(F)(F)F)cc1. The van der Waals surface area contributed by atoms with Crippen LogP contribution in [0.25, 0.3) is 10.9 Å². The first-order chi connectivity index (χ1) is 16.0. The lowest BCUT2D eigenvalue weighted by Crippen LogP contribution is -2.30. The topological polar surface area (TPSA) is 88.5 Å². The average molecular weight is 494 g/mol. The number of aromatic nitrogens is 1. The third kappa shape index (κ3) is 5.09. The number of nitrogens with one attached hydrogen (secondary N) is 1. The molecule has 1 fully saturated rings. The Morgan fingerprint density at radius 2 is 1.62 bits per heavy atom. The van der Waals surface area contributed by atoms with Crippen LogP contribution < -0.4 is 5.32 Å². The molecule has 0 atom stereocenters. The van der Waals surface area contributed by atoms with Crippen molar-refractivity contribution in [1.82, 2.24) is 9.47 Å². The molecule has 3 aromatic rings. The summed E-state index contributed by atoms with van der Waals surface area (Å²) in [4.78, 5) is 26.7. The molecule has 0 radical (unpaired) electrons. The molecule has 1 aromatic heterocycles. The fourth-order valence-corrected chi connectivity index (χ4v) is 5.36. The van der Waals surface area contributed by atoms with Gasteiger partial charge in [-0.1, -0.05) is 18.2 Å². The third-order valence-electron chi connectivity index (χ3n) is 5.67. The predicted octanol–water partition coefficient (Wildman–Crippen LogP) is 3.69. The first-order valence-electron chi connectivity index (χ1n) is 10.6. The second-order valence-electron chi connectivity index (χ2n) is 8.11. The zero-order valence-corrected chi connectivity index (χ0v) is 18.8. The Morgan fingerprint density at radius 3 is 2.26 bits per heavy atom. The molecule has 1 saturated heterocycles. The zero-order valence-electron chi connectivity index (χ0n) is 18.0. The summed E-state index contributed by atoms with van der Waals surface area (Å²) in [6.45, 7) is 1.33. The lowest BCUT2D eigenvalue weighted by molar-refractivity contribution is -0.137. The Kier molecular flexibility index (Phi) is 6.39. The van der Waals surface area contributed by atoms with Crippen molar-refractivity contribution in [3.63, 3.8) is 0 Å². The van der Waals surface area contributed by atoms with Crippen molar-refractivity contribution in [2.45, 2.75) is 30.5 Å². The van der Waals surface area contributed by atoms with Gasteiger partial charge in [-0.05, 0) is 43.2 Å². The fourth-order valence-electron chi connectivity index (χ4n) is 3.99. The summed E-state index contributed by atoms with van der Waals surface area (Å²) in [7, 11) is -4.11. The molecule has 0 saturated carbocycles. The summed E-state index contributed by atoms with van der Waals surface area (Å²) in [5, 5.41) is 2.71. The minimum absolute atomic E-state index is 0.0201. The maximum Gasteiger partial charge on any atom is 0.416 e. The number of benzene rings is 2. The number of carbonyl (C=O) groups is 2. The molecular weight excluding hydrogens is 471 g/mol. The molecule has 2 amide bonds. The van der Waals surface area contributed by atoms with Crippen LogP contribution in [0.15, 0.2) is 59.6 Å². The summed E-state index contributed by atoms with van der Waals surface area (Å²) in [5.41, 5.74) is -0.280. The van der Waals surface area contributed by atoms with Crippen LogP contribution in [0.2, 0.25) is 0 Å². The van der Waals surface area contributed by atoms with E-state index >= 15 is 0 Å². The molecule has 34 heavy (non-hydrogen) atoms. The van der Waals surface area contributed by atoms with Gasteiger partial charge in [0.1, 0.15) is 12.3 Å². The van der Waals surface area contributed by atoms with Crippen molar-refractivity contribution in [3.05, 3.63) is 60.3 Å². The molecule has 11 heteroatoms. The smallest absolute Gasteiger partial charge is 0.341 e. The summed E-state index contributed by atoms with van der Waals surface area (Å²) >= 11 is 0. The number of alkyl halides is 3. The number of sulfone groups is 1.